The fraction of sp³-hybridized carbons (Fsp3) is 0.211. The Bertz CT molecular complexity index is 927. The third kappa shape index (κ3) is 5.96. The zero-order valence-corrected chi connectivity index (χ0v) is 15.5. The number of hydrogen-bond donors (Lipinski definition) is 3. The van der Waals surface area contributed by atoms with E-state index in [1.807, 2.05) is 0 Å². The second kappa shape index (κ2) is 8.63. The molecule has 0 saturated carbocycles. The summed E-state index contributed by atoms with van der Waals surface area (Å²) < 4.78 is 43.0. The summed E-state index contributed by atoms with van der Waals surface area (Å²) in [6, 6.07) is 8.42. The highest BCUT2D eigenvalue weighted by molar-refractivity contribution is 5.99. The van der Waals surface area contributed by atoms with Gasteiger partial charge in [-0.1, -0.05) is 0 Å². The lowest BCUT2D eigenvalue weighted by molar-refractivity contribution is -0.137. The standard InChI is InChI=1S/C19H18F3N3O4/c1-10(17(27)25-14-6-4-13(5-7-14)24-11(2)26)29-18(28)15-8-3-12(9-16(15)23)19(20,21)22/h3-10H,23H2,1-2H3,(H,24,26)(H,25,27)/t10-/m1/s1. The van der Waals surface area contributed by atoms with Crippen LogP contribution >= 0.6 is 0 Å². The van der Waals surface area contributed by atoms with Gasteiger partial charge in [0.25, 0.3) is 5.91 Å². The monoisotopic (exact) mass is 409 g/mol. The fourth-order valence-corrected chi connectivity index (χ4v) is 2.29. The molecule has 2 amide bonds. The average molecular weight is 409 g/mol. The minimum Gasteiger partial charge on any atom is -0.449 e. The molecule has 0 aliphatic carbocycles. The Morgan fingerprint density at radius 3 is 2.03 bits per heavy atom. The molecular weight excluding hydrogens is 391 g/mol. The van der Waals surface area contributed by atoms with Crippen molar-refractivity contribution in [3.63, 3.8) is 0 Å². The van der Waals surface area contributed by atoms with Crippen LogP contribution in [0.5, 0.6) is 0 Å². The normalized spacial score (nSPS) is 12.0. The second-order valence-electron chi connectivity index (χ2n) is 6.10. The van der Waals surface area contributed by atoms with Crippen LogP contribution in [0.25, 0.3) is 0 Å². The van der Waals surface area contributed by atoms with Gasteiger partial charge in [-0.3, -0.25) is 9.59 Å². The van der Waals surface area contributed by atoms with Gasteiger partial charge in [-0.2, -0.15) is 13.2 Å². The molecule has 0 aliphatic rings. The van der Waals surface area contributed by atoms with E-state index in [-0.39, 0.29) is 11.5 Å². The van der Waals surface area contributed by atoms with Crippen molar-refractivity contribution >= 4 is 34.8 Å². The molecular formula is C19H18F3N3O4. The molecule has 10 heteroatoms. The number of ether oxygens (including phenoxy) is 1. The summed E-state index contributed by atoms with van der Waals surface area (Å²) in [5.74, 6) is -1.93. The van der Waals surface area contributed by atoms with Gasteiger partial charge < -0.3 is 21.1 Å². The predicted octanol–water partition coefficient (Wildman–Crippen LogP) is 3.43. The molecule has 0 unspecified atom stereocenters. The molecule has 0 saturated heterocycles. The van der Waals surface area contributed by atoms with Crippen molar-refractivity contribution < 1.29 is 32.3 Å². The first-order chi connectivity index (χ1) is 13.5. The van der Waals surface area contributed by atoms with Crippen LogP contribution in [0.1, 0.15) is 29.8 Å². The summed E-state index contributed by atoms with van der Waals surface area (Å²) in [5, 5.41) is 5.08. The number of nitrogen functional groups attached to an aromatic ring is 1. The van der Waals surface area contributed by atoms with E-state index < -0.39 is 35.4 Å². The number of nitrogens with one attached hydrogen (secondary N) is 2. The highest BCUT2D eigenvalue weighted by Crippen LogP contribution is 2.31. The van der Waals surface area contributed by atoms with Crippen molar-refractivity contribution in [1.82, 2.24) is 0 Å². The van der Waals surface area contributed by atoms with Gasteiger partial charge in [0.05, 0.1) is 11.1 Å². The van der Waals surface area contributed by atoms with Gasteiger partial charge in [0.15, 0.2) is 6.10 Å². The fourth-order valence-electron chi connectivity index (χ4n) is 2.29. The van der Waals surface area contributed by atoms with Crippen LogP contribution < -0.4 is 16.4 Å². The number of anilines is 3. The maximum Gasteiger partial charge on any atom is 0.416 e. The van der Waals surface area contributed by atoms with E-state index >= 15 is 0 Å². The first-order valence-corrected chi connectivity index (χ1v) is 8.33. The summed E-state index contributed by atoms with van der Waals surface area (Å²) in [6.07, 6.45) is -5.83. The molecule has 2 aromatic carbocycles. The van der Waals surface area contributed by atoms with Crippen molar-refractivity contribution in [2.75, 3.05) is 16.4 Å². The van der Waals surface area contributed by atoms with E-state index in [0.717, 1.165) is 6.07 Å². The molecule has 4 N–H and O–H groups in total. The number of amides is 2. The third-order valence-corrected chi connectivity index (χ3v) is 3.72. The summed E-state index contributed by atoms with van der Waals surface area (Å²) in [5.41, 5.74) is 4.75. The number of esters is 1. The number of rotatable bonds is 5. The molecule has 0 heterocycles. The largest absolute Gasteiger partial charge is 0.449 e. The lowest BCUT2D eigenvalue weighted by Gasteiger charge is -2.15. The lowest BCUT2D eigenvalue weighted by Crippen LogP contribution is -2.30. The first-order valence-electron chi connectivity index (χ1n) is 8.33. The Labute approximate surface area is 164 Å². The summed E-state index contributed by atoms with van der Waals surface area (Å²) in [6.45, 7) is 2.66. The molecule has 0 fully saturated rings. The maximum absolute atomic E-state index is 12.7. The number of carbonyl (C=O) groups is 3. The SMILES string of the molecule is CC(=O)Nc1ccc(NC(=O)[C@@H](C)OC(=O)c2ccc(C(F)(F)F)cc2N)cc1. The van der Waals surface area contributed by atoms with Crippen LogP contribution in [0.15, 0.2) is 42.5 Å². The summed E-state index contributed by atoms with van der Waals surface area (Å²) in [4.78, 5) is 35.3. The van der Waals surface area contributed by atoms with E-state index in [4.69, 9.17) is 10.5 Å². The number of carbonyl (C=O) groups excluding carboxylic acids is 3. The van der Waals surface area contributed by atoms with E-state index in [1.54, 1.807) is 12.1 Å². The zero-order chi connectivity index (χ0) is 21.8. The third-order valence-electron chi connectivity index (χ3n) is 3.72. The average Bonchev–Trinajstić information content (AvgIpc) is 2.61. The Kier molecular flexibility index (Phi) is 6.47. The molecule has 29 heavy (non-hydrogen) atoms. The Hall–Kier alpha value is -3.56. The molecule has 0 aromatic heterocycles. The number of benzene rings is 2. The Balaban J connectivity index is 2.00. The maximum atomic E-state index is 12.7. The van der Waals surface area contributed by atoms with E-state index in [1.165, 1.54) is 26.0 Å². The molecule has 0 radical (unpaired) electrons. The van der Waals surface area contributed by atoms with Gasteiger partial charge in [-0.25, -0.2) is 4.79 Å². The quantitative estimate of drug-likeness (QED) is 0.518. The lowest BCUT2D eigenvalue weighted by atomic mass is 10.1. The topological polar surface area (TPSA) is 111 Å². The van der Waals surface area contributed by atoms with Crippen LogP contribution in [0.4, 0.5) is 30.2 Å². The highest BCUT2D eigenvalue weighted by Gasteiger charge is 2.31. The van der Waals surface area contributed by atoms with E-state index in [9.17, 15) is 27.6 Å². The van der Waals surface area contributed by atoms with E-state index in [2.05, 4.69) is 10.6 Å². The van der Waals surface area contributed by atoms with Gasteiger partial charge in [-0.15, -0.1) is 0 Å². The van der Waals surface area contributed by atoms with E-state index in [0.29, 0.717) is 23.5 Å². The number of halogens is 3. The summed E-state index contributed by atoms with van der Waals surface area (Å²) >= 11 is 0. The minimum absolute atomic E-state index is 0.246. The van der Waals surface area contributed by atoms with Crippen molar-refractivity contribution in [3.8, 4) is 0 Å². The van der Waals surface area contributed by atoms with Crippen molar-refractivity contribution in [3.05, 3.63) is 53.6 Å². The molecule has 0 aliphatic heterocycles. The smallest absolute Gasteiger partial charge is 0.416 e. The molecule has 2 aromatic rings. The van der Waals surface area contributed by atoms with Gasteiger partial charge in [-0.05, 0) is 49.4 Å². The van der Waals surface area contributed by atoms with Gasteiger partial charge in [0.1, 0.15) is 0 Å². The Morgan fingerprint density at radius 1 is 1.00 bits per heavy atom. The first kappa shape index (κ1) is 21.7. The molecule has 154 valence electrons. The molecule has 0 bridgehead atoms. The van der Waals surface area contributed by atoms with Gasteiger partial charge in [0.2, 0.25) is 5.91 Å². The predicted molar refractivity (Wildman–Crippen MR) is 100 cm³/mol. The van der Waals surface area contributed by atoms with Crippen LogP contribution in [-0.2, 0) is 20.5 Å². The second-order valence-corrected chi connectivity index (χ2v) is 6.10. The van der Waals surface area contributed by atoms with Crippen LogP contribution in [-0.4, -0.2) is 23.9 Å². The molecule has 0 spiro atoms. The molecule has 1 atom stereocenters. The van der Waals surface area contributed by atoms with Crippen molar-refractivity contribution in [2.45, 2.75) is 26.1 Å². The van der Waals surface area contributed by atoms with Gasteiger partial charge in [0, 0.05) is 24.0 Å². The number of hydrogen-bond acceptors (Lipinski definition) is 5. The molecule has 2 rings (SSSR count). The molecule has 7 nitrogen and oxygen atoms in total. The van der Waals surface area contributed by atoms with Crippen LogP contribution in [0.2, 0.25) is 0 Å². The Morgan fingerprint density at radius 2 is 1.55 bits per heavy atom. The van der Waals surface area contributed by atoms with Crippen LogP contribution in [0, 0.1) is 0 Å². The van der Waals surface area contributed by atoms with Crippen molar-refractivity contribution in [1.29, 1.82) is 0 Å². The summed E-state index contributed by atoms with van der Waals surface area (Å²) in [7, 11) is 0. The highest BCUT2D eigenvalue weighted by atomic mass is 19.4. The number of alkyl halides is 3. The number of nitrogens with two attached hydrogens (primary N) is 1. The van der Waals surface area contributed by atoms with Gasteiger partial charge >= 0.3 is 12.1 Å². The minimum atomic E-state index is -4.60. The van der Waals surface area contributed by atoms with Crippen molar-refractivity contribution in [2.24, 2.45) is 0 Å². The van der Waals surface area contributed by atoms with Crippen LogP contribution in [0.3, 0.4) is 0 Å². The zero-order valence-electron chi connectivity index (χ0n) is 15.5.